The Bertz CT molecular complexity index is 350. The van der Waals surface area contributed by atoms with Crippen molar-refractivity contribution in [1.29, 1.82) is 0 Å². The van der Waals surface area contributed by atoms with Crippen LogP contribution in [0.5, 0.6) is 0 Å². The maximum atomic E-state index is 3.55. The monoisotopic (exact) mass is 315 g/mol. The van der Waals surface area contributed by atoms with E-state index in [1.165, 1.54) is 16.2 Å². The molecule has 0 saturated heterocycles. The Morgan fingerprint density at radius 2 is 1.94 bits per heavy atom. The van der Waals surface area contributed by atoms with Crippen LogP contribution in [0.2, 0.25) is 0 Å². The number of hydrogen-bond acceptors (Lipinski definition) is 2. The standard InChI is InChI=1S/C14H22BrNS/c1-10(2)9-17-14-6-5-13(15)7-12(14)8-16-11(3)4/h5-7,10-11,16H,8-9H2,1-4H3. The smallest absolute Gasteiger partial charge is 0.0219 e. The van der Waals surface area contributed by atoms with E-state index in [1.54, 1.807) is 0 Å². The van der Waals surface area contributed by atoms with E-state index in [-0.39, 0.29) is 0 Å². The lowest BCUT2D eigenvalue weighted by Crippen LogP contribution is -2.22. The lowest BCUT2D eigenvalue weighted by atomic mass is 10.2. The van der Waals surface area contributed by atoms with E-state index < -0.39 is 0 Å². The molecule has 1 nitrogen and oxygen atoms in total. The highest BCUT2D eigenvalue weighted by atomic mass is 79.9. The largest absolute Gasteiger partial charge is 0.310 e. The highest BCUT2D eigenvalue weighted by Gasteiger charge is 2.06. The van der Waals surface area contributed by atoms with Gasteiger partial charge in [-0.05, 0) is 29.7 Å². The number of nitrogens with one attached hydrogen (secondary N) is 1. The van der Waals surface area contributed by atoms with Gasteiger partial charge in [-0.3, -0.25) is 0 Å². The third-order valence-corrected chi connectivity index (χ3v) is 4.33. The molecular weight excluding hydrogens is 294 g/mol. The molecule has 0 saturated carbocycles. The third-order valence-electron chi connectivity index (χ3n) is 2.30. The molecule has 0 heterocycles. The van der Waals surface area contributed by atoms with Crippen LogP contribution in [0.3, 0.4) is 0 Å². The van der Waals surface area contributed by atoms with Crippen LogP contribution in [0, 0.1) is 5.92 Å². The fourth-order valence-corrected chi connectivity index (χ4v) is 2.80. The van der Waals surface area contributed by atoms with Crippen LogP contribution < -0.4 is 5.32 Å². The van der Waals surface area contributed by atoms with Crippen molar-refractivity contribution >= 4 is 27.7 Å². The molecule has 0 amide bonds. The predicted molar refractivity (Wildman–Crippen MR) is 81.7 cm³/mol. The molecule has 0 unspecified atom stereocenters. The van der Waals surface area contributed by atoms with Crippen LogP contribution in [0.4, 0.5) is 0 Å². The van der Waals surface area contributed by atoms with Crippen LogP contribution in [-0.2, 0) is 6.54 Å². The summed E-state index contributed by atoms with van der Waals surface area (Å²) < 4.78 is 1.16. The van der Waals surface area contributed by atoms with Gasteiger partial charge < -0.3 is 5.32 Å². The highest BCUT2D eigenvalue weighted by Crippen LogP contribution is 2.27. The molecule has 1 aromatic rings. The van der Waals surface area contributed by atoms with Gasteiger partial charge in [0, 0.05) is 27.7 Å². The minimum atomic E-state index is 0.525. The van der Waals surface area contributed by atoms with Crippen molar-refractivity contribution in [3.63, 3.8) is 0 Å². The number of halogens is 1. The van der Waals surface area contributed by atoms with E-state index in [9.17, 15) is 0 Å². The summed E-state index contributed by atoms with van der Waals surface area (Å²) in [6, 6.07) is 7.09. The van der Waals surface area contributed by atoms with E-state index in [0.717, 1.165) is 16.9 Å². The Morgan fingerprint density at radius 3 is 2.53 bits per heavy atom. The molecule has 1 rings (SSSR count). The van der Waals surface area contributed by atoms with Crippen molar-refractivity contribution in [3.05, 3.63) is 28.2 Å². The second kappa shape index (κ2) is 7.45. The Labute approximate surface area is 118 Å². The SMILES string of the molecule is CC(C)CSc1ccc(Br)cc1CNC(C)C. The Balaban J connectivity index is 2.72. The van der Waals surface area contributed by atoms with Gasteiger partial charge in [-0.15, -0.1) is 11.8 Å². The zero-order valence-electron chi connectivity index (χ0n) is 11.1. The first-order valence-electron chi connectivity index (χ1n) is 6.13. The van der Waals surface area contributed by atoms with Crippen molar-refractivity contribution in [2.75, 3.05) is 5.75 Å². The zero-order chi connectivity index (χ0) is 12.8. The molecule has 0 aliphatic rings. The summed E-state index contributed by atoms with van der Waals surface area (Å²) in [6.07, 6.45) is 0. The summed E-state index contributed by atoms with van der Waals surface area (Å²) in [5.74, 6) is 1.91. The average Bonchev–Trinajstić information content (AvgIpc) is 2.24. The summed E-state index contributed by atoms with van der Waals surface area (Å²) in [5, 5.41) is 3.48. The molecule has 96 valence electrons. The Kier molecular flexibility index (Phi) is 6.60. The minimum absolute atomic E-state index is 0.525. The second-order valence-electron chi connectivity index (χ2n) is 4.99. The molecule has 0 aliphatic carbocycles. The highest BCUT2D eigenvalue weighted by molar-refractivity contribution is 9.10. The molecule has 0 aromatic heterocycles. The molecular formula is C14H22BrNS. The summed E-state index contributed by atoms with van der Waals surface area (Å²) in [5.41, 5.74) is 1.39. The maximum Gasteiger partial charge on any atom is 0.0219 e. The Hall–Kier alpha value is 0.01000. The van der Waals surface area contributed by atoms with E-state index in [4.69, 9.17) is 0 Å². The van der Waals surface area contributed by atoms with Crippen molar-refractivity contribution in [3.8, 4) is 0 Å². The van der Waals surface area contributed by atoms with Crippen LogP contribution in [0.25, 0.3) is 0 Å². The minimum Gasteiger partial charge on any atom is -0.310 e. The molecule has 17 heavy (non-hydrogen) atoms. The fourth-order valence-electron chi connectivity index (χ4n) is 1.40. The third kappa shape index (κ3) is 5.94. The molecule has 0 bridgehead atoms. The molecule has 0 aliphatic heterocycles. The van der Waals surface area contributed by atoms with Gasteiger partial charge in [0.25, 0.3) is 0 Å². The second-order valence-corrected chi connectivity index (χ2v) is 6.97. The summed E-state index contributed by atoms with van der Waals surface area (Å²) in [4.78, 5) is 1.40. The normalized spacial score (nSPS) is 11.5. The molecule has 0 radical (unpaired) electrons. The number of thioether (sulfide) groups is 1. The summed E-state index contributed by atoms with van der Waals surface area (Å²) in [6.45, 7) is 9.82. The van der Waals surface area contributed by atoms with Gasteiger partial charge in [0.2, 0.25) is 0 Å². The van der Waals surface area contributed by atoms with Crippen molar-refractivity contribution < 1.29 is 0 Å². The topological polar surface area (TPSA) is 12.0 Å². The van der Waals surface area contributed by atoms with E-state index in [0.29, 0.717) is 6.04 Å². The fraction of sp³-hybridized carbons (Fsp3) is 0.571. The van der Waals surface area contributed by atoms with Crippen LogP contribution in [0.15, 0.2) is 27.6 Å². The first kappa shape index (κ1) is 15.1. The van der Waals surface area contributed by atoms with Gasteiger partial charge in [-0.2, -0.15) is 0 Å². The van der Waals surface area contributed by atoms with Crippen molar-refractivity contribution in [2.45, 2.75) is 45.2 Å². The van der Waals surface area contributed by atoms with Gasteiger partial charge in [0.15, 0.2) is 0 Å². The van der Waals surface area contributed by atoms with Gasteiger partial charge in [0.05, 0.1) is 0 Å². The van der Waals surface area contributed by atoms with Gasteiger partial charge in [-0.1, -0.05) is 43.6 Å². The van der Waals surface area contributed by atoms with Crippen LogP contribution in [-0.4, -0.2) is 11.8 Å². The van der Waals surface area contributed by atoms with E-state index in [1.807, 2.05) is 11.8 Å². The van der Waals surface area contributed by atoms with Crippen LogP contribution in [0.1, 0.15) is 33.3 Å². The maximum absolute atomic E-state index is 3.55. The van der Waals surface area contributed by atoms with Gasteiger partial charge in [0.1, 0.15) is 0 Å². The lowest BCUT2D eigenvalue weighted by molar-refractivity contribution is 0.584. The zero-order valence-corrected chi connectivity index (χ0v) is 13.5. The van der Waals surface area contributed by atoms with E-state index in [2.05, 4.69) is 67.1 Å². The van der Waals surface area contributed by atoms with Crippen LogP contribution >= 0.6 is 27.7 Å². The number of hydrogen-bond donors (Lipinski definition) is 1. The quantitative estimate of drug-likeness (QED) is 0.764. The molecule has 1 aromatic carbocycles. The number of rotatable bonds is 6. The molecule has 0 atom stereocenters. The van der Waals surface area contributed by atoms with E-state index >= 15 is 0 Å². The lowest BCUT2D eigenvalue weighted by Gasteiger charge is -2.13. The Morgan fingerprint density at radius 1 is 1.24 bits per heavy atom. The first-order chi connectivity index (χ1) is 7.99. The molecule has 1 N–H and O–H groups in total. The summed E-state index contributed by atoms with van der Waals surface area (Å²) >= 11 is 5.50. The summed E-state index contributed by atoms with van der Waals surface area (Å²) in [7, 11) is 0. The van der Waals surface area contributed by atoms with Crippen molar-refractivity contribution in [2.24, 2.45) is 5.92 Å². The molecule has 3 heteroatoms. The van der Waals surface area contributed by atoms with Crippen molar-refractivity contribution in [1.82, 2.24) is 5.32 Å². The van der Waals surface area contributed by atoms with Gasteiger partial charge in [-0.25, -0.2) is 0 Å². The predicted octanol–water partition coefficient (Wildman–Crippen LogP) is 4.70. The van der Waals surface area contributed by atoms with Gasteiger partial charge >= 0.3 is 0 Å². The molecule has 0 spiro atoms. The molecule has 0 fully saturated rings. The number of benzene rings is 1. The first-order valence-corrected chi connectivity index (χ1v) is 7.91. The average molecular weight is 316 g/mol.